The third-order valence-electron chi connectivity index (χ3n) is 4.93. The molecular weight excluding hydrogens is 334 g/mol. The van der Waals surface area contributed by atoms with Crippen LogP contribution in [0.25, 0.3) is 11.0 Å². The Morgan fingerprint density at radius 3 is 2.52 bits per heavy atom. The van der Waals surface area contributed by atoms with Crippen LogP contribution in [0.15, 0.2) is 36.4 Å². The fraction of sp³-hybridized carbons (Fsp3) is 0.565. The number of benzene rings is 1. The first-order valence-corrected chi connectivity index (χ1v) is 10.6. The van der Waals surface area contributed by atoms with Gasteiger partial charge in [-0.15, -0.1) is 0 Å². The first kappa shape index (κ1) is 21.2. The van der Waals surface area contributed by atoms with Crippen LogP contribution in [0.3, 0.4) is 0 Å². The maximum absolute atomic E-state index is 11.6. The van der Waals surface area contributed by atoms with Gasteiger partial charge in [0.15, 0.2) is 0 Å². The smallest absolute Gasteiger partial charge is 0.243 e. The van der Waals surface area contributed by atoms with Crippen LogP contribution in [0, 0.1) is 0 Å². The standard InChI is InChI=1S/C23H35N3O/c1-3-5-6-7-8-9-10-13-19-26-21-16-12-11-15-20(21)25-22(26)17-18-24-23(27)14-4-2/h4,11-12,14-16H,3,5-10,13,17-19H2,1-2H3,(H,24,27)/b14-4+. The van der Waals surface area contributed by atoms with E-state index in [1.807, 2.05) is 13.0 Å². The highest BCUT2D eigenvalue weighted by atomic mass is 16.1. The summed E-state index contributed by atoms with van der Waals surface area (Å²) < 4.78 is 2.34. The fourth-order valence-corrected chi connectivity index (χ4v) is 3.48. The number of unbranched alkanes of at least 4 members (excludes halogenated alkanes) is 7. The zero-order valence-electron chi connectivity index (χ0n) is 17.0. The molecule has 0 atom stereocenters. The van der Waals surface area contributed by atoms with Crippen molar-refractivity contribution in [3.05, 3.63) is 42.2 Å². The van der Waals surface area contributed by atoms with Crippen molar-refractivity contribution in [3.8, 4) is 0 Å². The van der Waals surface area contributed by atoms with E-state index in [1.165, 1.54) is 56.9 Å². The van der Waals surface area contributed by atoms with Gasteiger partial charge in [-0.2, -0.15) is 0 Å². The van der Waals surface area contributed by atoms with E-state index in [0.29, 0.717) is 6.54 Å². The first-order chi connectivity index (χ1) is 13.3. The number of fused-ring (bicyclic) bond motifs is 1. The number of nitrogens with one attached hydrogen (secondary N) is 1. The predicted octanol–water partition coefficient (Wildman–Crippen LogP) is 5.41. The molecular formula is C23H35N3O. The van der Waals surface area contributed by atoms with Crippen LogP contribution in [0.4, 0.5) is 0 Å². The SMILES string of the molecule is C/C=C/C(=O)NCCc1nc2ccccc2n1CCCCCCCCCC. The molecule has 0 saturated heterocycles. The summed E-state index contributed by atoms with van der Waals surface area (Å²) in [5, 5.41) is 2.93. The van der Waals surface area contributed by atoms with Crippen LogP contribution in [0.1, 0.15) is 71.0 Å². The average molecular weight is 370 g/mol. The third-order valence-corrected chi connectivity index (χ3v) is 4.93. The van der Waals surface area contributed by atoms with Gasteiger partial charge < -0.3 is 9.88 Å². The number of hydrogen-bond acceptors (Lipinski definition) is 2. The summed E-state index contributed by atoms with van der Waals surface area (Å²) in [6.07, 6.45) is 14.7. The van der Waals surface area contributed by atoms with Crippen molar-refractivity contribution >= 4 is 16.9 Å². The largest absolute Gasteiger partial charge is 0.352 e. The van der Waals surface area contributed by atoms with Gasteiger partial charge >= 0.3 is 0 Å². The van der Waals surface area contributed by atoms with Gasteiger partial charge in [-0.05, 0) is 31.6 Å². The van der Waals surface area contributed by atoms with Crippen LogP contribution < -0.4 is 5.32 Å². The molecule has 0 aliphatic rings. The molecule has 2 rings (SSSR count). The van der Waals surface area contributed by atoms with Crippen molar-refractivity contribution in [1.82, 2.24) is 14.9 Å². The molecule has 0 radical (unpaired) electrons. The van der Waals surface area contributed by atoms with Crippen molar-refractivity contribution in [1.29, 1.82) is 0 Å². The van der Waals surface area contributed by atoms with Crippen molar-refractivity contribution in [2.75, 3.05) is 6.54 Å². The average Bonchev–Trinajstić information content (AvgIpc) is 3.02. The zero-order chi connectivity index (χ0) is 19.3. The summed E-state index contributed by atoms with van der Waals surface area (Å²) in [4.78, 5) is 16.4. The van der Waals surface area contributed by atoms with Gasteiger partial charge in [-0.3, -0.25) is 4.79 Å². The summed E-state index contributed by atoms with van der Waals surface area (Å²) in [7, 11) is 0. The number of carbonyl (C=O) groups excluding carboxylic acids is 1. The van der Waals surface area contributed by atoms with E-state index in [2.05, 4.69) is 35.0 Å². The van der Waals surface area contributed by atoms with Gasteiger partial charge in [0.05, 0.1) is 11.0 Å². The topological polar surface area (TPSA) is 46.9 Å². The molecule has 4 nitrogen and oxygen atoms in total. The molecule has 0 aliphatic heterocycles. The van der Waals surface area contributed by atoms with Gasteiger partial charge in [0.2, 0.25) is 5.91 Å². The van der Waals surface area contributed by atoms with Crippen LogP contribution in [0.2, 0.25) is 0 Å². The lowest BCUT2D eigenvalue weighted by atomic mass is 10.1. The third kappa shape index (κ3) is 7.20. The number of para-hydroxylation sites is 2. The van der Waals surface area contributed by atoms with Crippen LogP contribution in [-0.4, -0.2) is 22.0 Å². The number of aromatic nitrogens is 2. The zero-order valence-corrected chi connectivity index (χ0v) is 17.0. The van der Waals surface area contributed by atoms with Gasteiger partial charge in [-0.1, -0.05) is 70.1 Å². The second-order valence-corrected chi connectivity index (χ2v) is 7.18. The molecule has 1 N–H and O–H groups in total. The Morgan fingerprint density at radius 1 is 1.07 bits per heavy atom. The summed E-state index contributed by atoms with van der Waals surface area (Å²) in [5.74, 6) is 1.03. The van der Waals surface area contributed by atoms with Crippen molar-refractivity contribution in [3.63, 3.8) is 0 Å². The number of rotatable bonds is 13. The number of allylic oxidation sites excluding steroid dienone is 1. The van der Waals surface area contributed by atoms with Crippen LogP contribution in [-0.2, 0) is 17.8 Å². The van der Waals surface area contributed by atoms with E-state index in [1.54, 1.807) is 12.2 Å². The molecule has 1 amide bonds. The molecule has 1 aromatic carbocycles. The van der Waals surface area contributed by atoms with Gasteiger partial charge in [0, 0.05) is 19.5 Å². The summed E-state index contributed by atoms with van der Waals surface area (Å²) in [6, 6.07) is 8.33. The summed E-state index contributed by atoms with van der Waals surface area (Å²) in [6.45, 7) is 5.74. The van der Waals surface area contributed by atoms with Crippen LogP contribution >= 0.6 is 0 Å². The Balaban J connectivity index is 1.86. The summed E-state index contributed by atoms with van der Waals surface area (Å²) >= 11 is 0. The molecule has 27 heavy (non-hydrogen) atoms. The highest BCUT2D eigenvalue weighted by Gasteiger charge is 2.10. The highest BCUT2D eigenvalue weighted by Crippen LogP contribution is 2.18. The lowest BCUT2D eigenvalue weighted by Gasteiger charge is -2.10. The Kier molecular flexibility index (Phi) is 9.67. The van der Waals surface area contributed by atoms with Crippen molar-refractivity contribution in [2.24, 2.45) is 0 Å². The molecule has 0 saturated carbocycles. The first-order valence-electron chi connectivity index (χ1n) is 10.6. The van der Waals surface area contributed by atoms with E-state index in [4.69, 9.17) is 4.98 Å². The molecule has 1 heterocycles. The fourth-order valence-electron chi connectivity index (χ4n) is 3.48. The number of aryl methyl sites for hydroxylation is 1. The second kappa shape index (κ2) is 12.3. The second-order valence-electron chi connectivity index (χ2n) is 7.18. The molecule has 0 spiro atoms. The minimum Gasteiger partial charge on any atom is -0.352 e. The minimum atomic E-state index is -0.0387. The number of nitrogens with zero attached hydrogens (tertiary/aromatic N) is 2. The number of hydrogen-bond donors (Lipinski definition) is 1. The van der Waals surface area contributed by atoms with Gasteiger partial charge in [0.1, 0.15) is 5.82 Å². The quantitative estimate of drug-likeness (QED) is 0.379. The van der Waals surface area contributed by atoms with E-state index in [-0.39, 0.29) is 5.91 Å². The van der Waals surface area contributed by atoms with E-state index >= 15 is 0 Å². The van der Waals surface area contributed by atoms with E-state index < -0.39 is 0 Å². The molecule has 0 aliphatic carbocycles. The predicted molar refractivity (Wildman–Crippen MR) is 114 cm³/mol. The molecule has 2 aromatic rings. The number of carbonyl (C=O) groups is 1. The molecule has 4 heteroatoms. The van der Waals surface area contributed by atoms with Gasteiger partial charge in [0.25, 0.3) is 0 Å². The molecule has 0 fully saturated rings. The van der Waals surface area contributed by atoms with Crippen molar-refractivity contribution in [2.45, 2.75) is 78.2 Å². The summed E-state index contributed by atoms with van der Waals surface area (Å²) in [5.41, 5.74) is 2.25. The van der Waals surface area contributed by atoms with Crippen molar-refractivity contribution < 1.29 is 4.79 Å². The van der Waals surface area contributed by atoms with Gasteiger partial charge in [-0.25, -0.2) is 4.98 Å². The molecule has 0 unspecified atom stereocenters. The monoisotopic (exact) mass is 369 g/mol. The minimum absolute atomic E-state index is 0.0387. The number of amides is 1. The maximum Gasteiger partial charge on any atom is 0.243 e. The number of imidazole rings is 1. The Labute approximate surface area is 164 Å². The Bertz CT molecular complexity index is 717. The van der Waals surface area contributed by atoms with E-state index in [9.17, 15) is 4.79 Å². The lowest BCUT2D eigenvalue weighted by molar-refractivity contribution is -0.116. The highest BCUT2D eigenvalue weighted by molar-refractivity contribution is 5.87. The van der Waals surface area contributed by atoms with E-state index in [0.717, 1.165) is 24.3 Å². The lowest BCUT2D eigenvalue weighted by Crippen LogP contribution is -2.24. The normalized spacial score (nSPS) is 11.5. The Morgan fingerprint density at radius 2 is 1.78 bits per heavy atom. The van der Waals surface area contributed by atoms with Crippen LogP contribution in [0.5, 0.6) is 0 Å². The molecule has 0 bridgehead atoms. The maximum atomic E-state index is 11.6. The molecule has 148 valence electrons. The molecule has 1 aromatic heterocycles. The Hall–Kier alpha value is -2.10.